The van der Waals surface area contributed by atoms with Gasteiger partial charge in [0.05, 0.1) is 5.52 Å². The maximum atomic E-state index is 13.6. The second-order valence-corrected chi connectivity index (χ2v) is 6.04. The lowest BCUT2D eigenvalue weighted by Gasteiger charge is -2.07. The Morgan fingerprint density at radius 2 is 1.78 bits per heavy atom. The van der Waals surface area contributed by atoms with Gasteiger partial charge in [-0.15, -0.1) is 0 Å². The molecular weight excluding hydrogens is 345 g/mol. The van der Waals surface area contributed by atoms with Crippen molar-refractivity contribution in [2.75, 3.05) is 5.32 Å². The summed E-state index contributed by atoms with van der Waals surface area (Å²) >= 11 is 0. The van der Waals surface area contributed by atoms with Crippen molar-refractivity contribution in [3.63, 3.8) is 0 Å². The summed E-state index contributed by atoms with van der Waals surface area (Å²) in [7, 11) is 1.82. The van der Waals surface area contributed by atoms with Gasteiger partial charge in [0.15, 0.2) is 0 Å². The van der Waals surface area contributed by atoms with Gasteiger partial charge in [0, 0.05) is 23.7 Å². The molecule has 0 radical (unpaired) electrons. The van der Waals surface area contributed by atoms with E-state index in [0.717, 1.165) is 16.5 Å². The van der Waals surface area contributed by atoms with Gasteiger partial charge in [-0.25, -0.2) is 9.18 Å². The van der Waals surface area contributed by atoms with Crippen LogP contribution in [0, 0.1) is 5.82 Å². The number of aromatic nitrogens is 2. The molecule has 0 aliphatic heterocycles. The Balaban J connectivity index is 1.54. The molecule has 5 nitrogen and oxygen atoms in total. The number of benzene rings is 3. The quantitative estimate of drug-likeness (QED) is 0.559. The van der Waals surface area contributed by atoms with Gasteiger partial charge >= 0.3 is 6.09 Å². The van der Waals surface area contributed by atoms with Crippen molar-refractivity contribution < 1.29 is 13.9 Å². The molecule has 1 amide bonds. The van der Waals surface area contributed by atoms with Crippen LogP contribution in [0.5, 0.6) is 5.75 Å². The lowest BCUT2D eigenvalue weighted by atomic mass is 10.1. The van der Waals surface area contributed by atoms with Crippen LogP contribution in [0.1, 0.15) is 0 Å². The summed E-state index contributed by atoms with van der Waals surface area (Å²) in [6.07, 6.45) is -0.570. The Morgan fingerprint density at radius 3 is 2.52 bits per heavy atom. The lowest BCUT2D eigenvalue weighted by Crippen LogP contribution is -2.16. The highest BCUT2D eigenvalue weighted by atomic mass is 19.1. The molecule has 134 valence electrons. The van der Waals surface area contributed by atoms with Crippen molar-refractivity contribution in [1.29, 1.82) is 0 Å². The van der Waals surface area contributed by atoms with E-state index in [-0.39, 0.29) is 5.82 Å². The number of ether oxygens (including phenoxy) is 1. The molecular formula is C21H16FN3O2. The molecule has 1 N–H and O–H groups in total. The molecule has 0 spiro atoms. The predicted octanol–water partition coefficient (Wildman–Crippen LogP) is 4.99. The number of nitrogens with one attached hydrogen (secondary N) is 1. The molecule has 0 atom stereocenters. The van der Waals surface area contributed by atoms with Gasteiger partial charge < -0.3 is 4.74 Å². The fourth-order valence-corrected chi connectivity index (χ4v) is 2.90. The molecule has 0 aliphatic rings. The number of rotatable bonds is 3. The van der Waals surface area contributed by atoms with Crippen molar-refractivity contribution in [3.8, 4) is 17.0 Å². The van der Waals surface area contributed by atoms with E-state index in [9.17, 15) is 9.18 Å². The standard InChI is InChI=1S/C21H16FN3O2/c1-25-19-12-9-15(22)13-18(19)20(24-25)14-7-10-16(11-8-14)23-21(26)27-17-5-3-2-4-6-17/h2-13H,1H3,(H,23,26). The first-order chi connectivity index (χ1) is 13.1. The SMILES string of the molecule is Cn1nc(-c2ccc(NC(=O)Oc3ccccc3)cc2)c2cc(F)ccc21. The van der Waals surface area contributed by atoms with Crippen LogP contribution in [0.2, 0.25) is 0 Å². The number of aryl methyl sites for hydroxylation is 1. The Labute approximate surface area is 155 Å². The average Bonchev–Trinajstić information content (AvgIpc) is 2.99. The minimum Gasteiger partial charge on any atom is -0.410 e. The van der Waals surface area contributed by atoms with E-state index in [1.807, 2.05) is 25.2 Å². The monoisotopic (exact) mass is 361 g/mol. The second kappa shape index (κ2) is 6.92. The van der Waals surface area contributed by atoms with E-state index in [2.05, 4.69) is 10.4 Å². The molecule has 6 heteroatoms. The Hall–Kier alpha value is -3.67. The Morgan fingerprint density at radius 1 is 1.04 bits per heavy atom. The van der Waals surface area contributed by atoms with E-state index >= 15 is 0 Å². The molecule has 4 rings (SSSR count). The fraction of sp³-hybridized carbons (Fsp3) is 0.0476. The topological polar surface area (TPSA) is 56.2 Å². The minimum atomic E-state index is -0.570. The number of amides is 1. The lowest BCUT2D eigenvalue weighted by molar-refractivity contribution is 0.215. The minimum absolute atomic E-state index is 0.307. The summed E-state index contributed by atoms with van der Waals surface area (Å²) in [5.74, 6) is 0.160. The highest BCUT2D eigenvalue weighted by Gasteiger charge is 2.12. The number of hydrogen-bond donors (Lipinski definition) is 1. The Kier molecular flexibility index (Phi) is 4.30. The molecule has 0 fully saturated rings. The molecule has 0 bridgehead atoms. The third-order valence-corrected chi connectivity index (χ3v) is 4.17. The van der Waals surface area contributed by atoms with Crippen LogP contribution in [0.15, 0.2) is 72.8 Å². The van der Waals surface area contributed by atoms with Gasteiger partial charge in [0.1, 0.15) is 17.3 Å². The molecule has 3 aromatic carbocycles. The van der Waals surface area contributed by atoms with Crippen molar-refractivity contribution in [2.24, 2.45) is 7.05 Å². The summed E-state index contributed by atoms with van der Waals surface area (Å²) in [6.45, 7) is 0. The first-order valence-corrected chi connectivity index (χ1v) is 8.37. The predicted molar refractivity (Wildman–Crippen MR) is 102 cm³/mol. The summed E-state index contributed by atoms with van der Waals surface area (Å²) in [6, 6.07) is 20.6. The van der Waals surface area contributed by atoms with Crippen LogP contribution in [-0.4, -0.2) is 15.9 Å². The maximum Gasteiger partial charge on any atom is 0.417 e. The average molecular weight is 361 g/mol. The van der Waals surface area contributed by atoms with Crippen LogP contribution in [0.4, 0.5) is 14.9 Å². The molecule has 0 saturated carbocycles. The highest BCUT2D eigenvalue weighted by molar-refractivity contribution is 5.94. The molecule has 1 heterocycles. The van der Waals surface area contributed by atoms with Crippen LogP contribution < -0.4 is 10.1 Å². The number of fused-ring (bicyclic) bond motifs is 1. The third-order valence-electron chi connectivity index (χ3n) is 4.17. The van der Waals surface area contributed by atoms with E-state index in [1.54, 1.807) is 47.1 Å². The van der Waals surface area contributed by atoms with Gasteiger partial charge in [-0.05, 0) is 42.5 Å². The normalized spacial score (nSPS) is 10.7. The number of para-hydroxylation sites is 1. The molecule has 27 heavy (non-hydrogen) atoms. The summed E-state index contributed by atoms with van der Waals surface area (Å²) < 4.78 is 20.5. The zero-order valence-corrected chi connectivity index (χ0v) is 14.5. The number of carbonyl (C=O) groups is 1. The van der Waals surface area contributed by atoms with E-state index in [4.69, 9.17) is 4.74 Å². The number of nitrogens with zero attached hydrogens (tertiary/aromatic N) is 2. The second-order valence-electron chi connectivity index (χ2n) is 6.04. The summed E-state index contributed by atoms with van der Waals surface area (Å²) in [4.78, 5) is 12.0. The van der Waals surface area contributed by atoms with Crippen LogP contribution in [0.3, 0.4) is 0 Å². The molecule has 0 saturated heterocycles. The summed E-state index contributed by atoms with van der Waals surface area (Å²) in [5, 5.41) is 7.90. The van der Waals surface area contributed by atoms with E-state index in [0.29, 0.717) is 17.1 Å². The van der Waals surface area contributed by atoms with Crippen LogP contribution in [0.25, 0.3) is 22.2 Å². The number of anilines is 1. The zero-order chi connectivity index (χ0) is 18.8. The summed E-state index contributed by atoms with van der Waals surface area (Å²) in [5.41, 5.74) is 2.95. The highest BCUT2D eigenvalue weighted by Crippen LogP contribution is 2.29. The van der Waals surface area contributed by atoms with Gasteiger partial charge in [-0.2, -0.15) is 5.10 Å². The van der Waals surface area contributed by atoms with Crippen molar-refractivity contribution in [3.05, 3.63) is 78.6 Å². The van der Waals surface area contributed by atoms with Gasteiger partial charge in [-0.3, -0.25) is 10.00 Å². The zero-order valence-electron chi connectivity index (χ0n) is 14.5. The smallest absolute Gasteiger partial charge is 0.410 e. The fourth-order valence-electron chi connectivity index (χ4n) is 2.90. The first kappa shape index (κ1) is 16.8. The largest absolute Gasteiger partial charge is 0.417 e. The van der Waals surface area contributed by atoms with Gasteiger partial charge in [0.2, 0.25) is 0 Å². The third kappa shape index (κ3) is 3.50. The first-order valence-electron chi connectivity index (χ1n) is 8.37. The van der Waals surface area contributed by atoms with Crippen LogP contribution >= 0.6 is 0 Å². The number of carbonyl (C=O) groups excluding carboxylic acids is 1. The number of hydrogen-bond acceptors (Lipinski definition) is 3. The van der Waals surface area contributed by atoms with Crippen LogP contribution in [-0.2, 0) is 7.05 Å². The number of halogens is 1. The molecule has 0 aliphatic carbocycles. The van der Waals surface area contributed by atoms with Crippen molar-refractivity contribution in [1.82, 2.24) is 9.78 Å². The van der Waals surface area contributed by atoms with Gasteiger partial charge in [-0.1, -0.05) is 30.3 Å². The maximum absolute atomic E-state index is 13.6. The van der Waals surface area contributed by atoms with E-state index in [1.165, 1.54) is 12.1 Å². The van der Waals surface area contributed by atoms with Crippen molar-refractivity contribution >= 4 is 22.7 Å². The molecule has 4 aromatic rings. The van der Waals surface area contributed by atoms with Crippen molar-refractivity contribution in [2.45, 2.75) is 0 Å². The Bertz CT molecular complexity index is 1110. The van der Waals surface area contributed by atoms with Gasteiger partial charge in [0.25, 0.3) is 0 Å². The van der Waals surface area contributed by atoms with E-state index < -0.39 is 6.09 Å². The molecule has 0 unspecified atom stereocenters. The molecule has 1 aromatic heterocycles.